The fourth-order valence-corrected chi connectivity index (χ4v) is 3.18. The summed E-state index contributed by atoms with van der Waals surface area (Å²) in [6.07, 6.45) is -0.632. The van der Waals surface area contributed by atoms with Crippen molar-refractivity contribution >= 4 is 0 Å². The van der Waals surface area contributed by atoms with E-state index in [1.54, 1.807) is 17.7 Å². The fourth-order valence-electron chi connectivity index (χ4n) is 3.18. The molecule has 2 atom stereocenters. The Labute approximate surface area is 146 Å². The normalized spacial score (nSPS) is 17.7. The number of nitrogens with one attached hydrogen (secondary N) is 1. The summed E-state index contributed by atoms with van der Waals surface area (Å²) in [5, 5.41) is 24.7. The SMILES string of the molecule is Cn1cnnc1C(O)N[C@@H]1CCc2cc(-c3noc(C(F)F)n3)ccc21. The zero-order chi connectivity index (χ0) is 18.3. The quantitative estimate of drug-likeness (QED) is 0.670. The second-order valence-corrected chi connectivity index (χ2v) is 6.13. The van der Waals surface area contributed by atoms with Gasteiger partial charge in [-0.3, -0.25) is 5.32 Å². The number of aryl methyl sites for hydroxylation is 2. The first kappa shape index (κ1) is 16.7. The van der Waals surface area contributed by atoms with Gasteiger partial charge in [0.25, 0.3) is 5.89 Å². The molecule has 0 saturated carbocycles. The van der Waals surface area contributed by atoms with Gasteiger partial charge in [0.2, 0.25) is 5.82 Å². The van der Waals surface area contributed by atoms with E-state index in [1.807, 2.05) is 12.1 Å². The summed E-state index contributed by atoms with van der Waals surface area (Å²) < 4.78 is 31.4. The lowest BCUT2D eigenvalue weighted by molar-refractivity contribution is 0.106. The minimum absolute atomic E-state index is 0.0485. The summed E-state index contributed by atoms with van der Waals surface area (Å²) in [6.45, 7) is 0. The van der Waals surface area contributed by atoms with E-state index in [-0.39, 0.29) is 11.9 Å². The van der Waals surface area contributed by atoms with E-state index < -0.39 is 18.5 Å². The molecule has 26 heavy (non-hydrogen) atoms. The Morgan fingerprint density at radius 1 is 1.38 bits per heavy atom. The van der Waals surface area contributed by atoms with Gasteiger partial charge in [0.15, 0.2) is 12.1 Å². The molecule has 3 aromatic rings. The number of hydrogen-bond acceptors (Lipinski definition) is 7. The summed E-state index contributed by atoms with van der Waals surface area (Å²) in [4.78, 5) is 3.71. The van der Waals surface area contributed by atoms with E-state index in [2.05, 4.69) is 30.2 Å². The Morgan fingerprint density at radius 3 is 2.92 bits per heavy atom. The molecular weight excluding hydrogens is 346 g/mol. The number of aliphatic hydroxyl groups is 1. The predicted octanol–water partition coefficient (Wildman–Crippen LogP) is 2.07. The van der Waals surface area contributed by atoms with Crippen LogP contribution in [-0.2, 0) is 13.5 Å². The summed E-state index contributed by atoms with van der Waals surface area (Å²) >= 11 is 0. The fraction of sp³-hybridized carbons (Fsp3) is 0.375. The maximum atomic E-state index is 12.6. The molecule has 0 fully saturated rings. The van der Waals surface area contributed by atoms with Crippen LogP contribution >= 0.6 is 0 Å². The topological polar surface area (TPSA) is 102 Å². The largest absolute Gasteiger partial charge is 0.371 e. The lowest BCUT2D eigenvalue weighted by atomic mass is 10.0. The number of nitrogens with zero attached hydrogens (tertiary/aromatic N) is 5. The standard InChI is InChI=1S/C16H16F2N6O2/c1-24-7-19-22-14(24)15(25)20-11-5-3-8-6-9(2-4-10(8)11)13-21-16(12(17)18)26-23-13/h2,4,6-7,11-12,15,20,25H,3,5H2,1H3/t11-,15?/m1/s1. The highest BCUT2D eigenvalue weighted by atomic mass is 19.3. The van der Waals surface area contributed by atoms with Crippen LogP contribution in [0.4, 0.5) is 8.78 Å². The van der Waals surface area contributed by atoms with Crippen LogP contribution in [0, 0.1) is 0 Å². The van der Waals surface area contributed by atoms with Crippen molar-refractivity contribution in [3.05, 3.63) is 47.4 Å². The van der Waals surface area contributed by atoms with Crippen molar-refractivity contribution in [2.45, 2.75) is 31.5 Å². The smallest absolute Gasteiger partial charge is 0.315 e. The molecule has 0 saturated heterocycles. The van der Waals surface area contributed by atoms with Gasteiger partial charge < -0.3 is 14.2 Å². The van der Waals surface area contributed by atoms with Crippen molar-refractivity contribution in [1.29, 1.82) is 0 Å². The molecule has 4 rings (SSSR count). The van der Waals surface area contributed by atoms with Crippen molar-refractivity contribution in [1.82, 2.24) is 30.2 Å². The highest BCUT2D eigenvalue weighted by molar-refractivity contribution is 5.58. The van der Waals surface area contributed by atoms with Gasteiger partial charge in [-0.15, -0.1) is 10.2 Å². The van der Waals surface area contributed by atoms with Crippen LogP contribution in [0.3, 0.4) is 0 Å². The summed E-state index contributed by atoms with van der Waals surface area (Å²) in [5.74, 6) is -0.119. The molecule has 2 aromatic heterocycles. The molecule has 1 aliphatic carbocycles. The molecule has 0 radical (unpaired) electrons. The number of alkyl halides is 2. The van der Waals surface area contributed by atoms with Gasteiger partial charge in [-0.2, -0.15) is 13.8 Å². The molecule has 8 nitrogen and oxygen atoms in total. The zero-order valence-corrected chi connectivity index (χ0v) is 13.8. The van der Waals surface area contributed by atoms with E-state index in [0.29, 0.717) is 11.4 Å². The number of aromatic nitrogens is 5. The third-order valence-corrected chi connectivity index (χ3v) is 4.46. The maximum absolute atomic E-state index is 12.6. The number of halogens is 2. The second kappa shape index (κ2) is 6.54. The number of benzene rings is 1. The Kier molecular flexibility index (Phi) is 4.21. The van der Waals surface area contributed by atoms with Crippen LogP contribution in [0.25, 0.3) is 11.4 Å². The van der Waals surface area contributed by atoms with Crippen LogP contribution in [0.5, 0.6) is 0 Å². The monoisotopic (exact) mass is 362 g/mol. The molecule has 2 N–H and O–H groups in total. The van der Waals surface area contributed by atoms with Gasteiger partial charge in [-0.25, -0.2) is 0 Å². The van der Waals surface area contributed by atoms with Crippen LogP contribution < -0.4 is 5.32 Å². The van der Waals surface area contributed by atoms with E-state index in [4.69, 9.17) is 0 Å². The van der Waals surface area contributed by atoms with Crippen LogP contribution in [0.2, 0.25) is 0 Å². The molecule has 0 spiro atoms. The molecular formula is C16H16F2N6O2. The Balaban J connectivity index is 1.53. The molecule has 136 valence electrons. The van der Waals surface area contributed by atoms with Gasteiger partial charge in [0, 0.05) is 18.7 Å². The van der Waals surface area contributed by atoms with Crippen LogP contribution in [-0.4, -0.2) is 30.0 Å². The average molecular weight is 362 g/mol. The first-order chi connectivity index (χ1) is 12.5. The molecule has 0 amide bonds. The number of hydrogen-bond donors (Lipinski definition) is 2. The maximum Gasteiger partial charge on any atom is 0.315 e. The average Bonchev–Trinajstić information content (AvgIpc) is 3.34. The molecule has 1 aliphatic rings. The molecule has 0 bridgehead atoms. The van der Waals surface area contributed by atoms with Crippen molar-refractivity contribution in [2.24, 2.45) is 7.05 Å². The van der Waals surface area contributed by atoms with Crippen LogP contribution in [0.1, 0.15) is 48.0 Å². The van der Waals surface area contributed by atoms with Crippen molar-refractivity contribution in [2.75, 3.05) is 0 Å². The molecule has 2 heterocycles. The van der Waals surface area contributed by atoms with Gasteiger partial charge in [0.05, 0.1) is 0 Å². The Hall–Kier alpha value is -2.72. The summed E-state index contributed by atoms with van der Waals surface area (Å²) in [6, 6.07) is 5.46. The molecule has 10 heteroatoms. The second-order valence-electron chi connectivity index (χ2n) is 6.13. The van der Waals surface area contributed by atoms with Gasteiger partial charge in [-0.1, -0.05) is 17.3 Å². The molecule has 1 unspecified atom stereocenters. The minimum atomic E-state index is -2.79. The van der Waals surface area contributed by atoms with E-state index in [9.17, 15) is 13.9 Å². The summed E-state index contributed by atoms with van der Waals surface area (Å²) in [5.41, 5.74) is 2.70. The van der Waals surface area contributed by atoms with Crippen molar-refractivity contribution < 1.29 is 18.4 Å². The first-order valence-corrected chi connectivity index (χ1v) is 8.06. The van der Waals surface area contributed by atoms with Crippen molar-refractivity contribution in [3.8, 4) is 11.4 Å². The van der Waals surface area contributed by atoms with E-state index in [0.717, 1.165) is 24.0 Å². The number of aliphatic hydroxyl groups excluding tert-OH is 1. The van der Waals surface area contributed by atoms with E-state index >= 15 is 0 Å². The Bertz CT molecular complexity index is 925. The molecule has 0 aliphatic heterocycles. The van der Waals surface area contributed by atoms with E-state index in [1.165, 1.54) is 6.33 Å². The zero-order valence-electron chi connectivity index (χ0n) is 13.8. The third kappa shape index (κ3) is 2.97. The Morgan fingerprint density at radius 2 is 2.23 bits per heavy atom. The predicted molar refractivity (Wildman–Crippen MR) is 84.9 cm³/mol. The van der Waals surface area contributed by atoms with Gasteiger partial charge in [-0.05, 0) is 30.0 Å². The number of rotatable bonds is 5. The van der Waals surface area contributed by atoms with Crippen LogP contribution in [0.15, 0.2) is 29.0 Å². The van der Waals surface area contributed by atoms with Crippen molar-refractivity contribution in [3.63, 3.8) is 0 Å². The highest BCUT2D eigenvalue weighted by Gasteiger charge is 2.27. The minimum Gasteiger partial charge on any atom is -0.371 e. The van der Waals surface area contributed by atoms with Gasteiger partial charge in [0.1, 0.15) is 6.33 Å². The molecule has 1 aromatic carbocycles. The lowest BCUT2D eigenvalue weighted by Crippen LogP contribution is -2.27. The van der Waals surface area contributed by atoms with Gasteiger partial charge >= 0.3 is 6.43 Å². The summed E-state index contributed by atoms with van der Waals surface area (Å²) in [7, 11) is 1.76. The first-order valence-electron chi connectivity index (χ1n) is 8.06. The number of fused-ring (bicyclic) bond motifs is 1. The highest BCUT2D eigenvalue weighted by Crippen LogP contribution is 2.35. The third-order valence-electron chi connectivity index (χ3n) is 4.46. The lowest BCUT2D eigenvalue weighted by Gasteiger charge is -2.18.